The van der Waals surface area contributed by atoms with E-state index in [-0.39, 0.29) is 5.54 Å². The number of rotatable bonds is 6. The molecule has 2 rings (SSSR count). The molecule has 0 aromatic heterocycles. The molecule has 118 valence electrons. The lowest BCUT2D eigenvalue weighted by Crippen LogP contribution is -2.56. The minimum Gasteiger partial charge on any atom is -0.329 e. The van der Waals surface area contributed by atoms with Crippen molar-refractivity contribution in [2.24, 2.45) is 11.7 Å². The zero-order chi connectivity index (χ0) is 15.3. The maximum Gasteiger partial charge on any atom is 0.0332 e. The van der Waals surface area contributed by atoms with Gasteiger partial charge in [0.25, 0.3) is 0 Å². The van der Waals surface area contributed by atoms with E-state index < -0.39 is 0 Å². The van der Waals surface area contributed by atoms with Gasteiger partial charge in [-0.05, 0) is 49.6 Å². The van der Waals surface area contributed by atoms with Crippen LogP contribution in [0.3, 0.4) is 0 Å². The molecule has 2 nitrogen and oxygen atoms in total. The van der Waals surface area contributed by atoms with Crippen molar-refractivity contribution in [1.82, 2.24) is 4.90 Å². The Morgan fingerprint density at radius 3 is 2.29 bits per heavy atom. The van der Waals surface area contributed by atoms with Crippen LogP contribution in [0.1, 0.15) is 57.9 Å². The van der Waals surface area contributed by atoms with Crippen LogP contribution < -0.4 is 5.73 Å². The van der Waals surface area contributed by atoms with Crippen molar-refractivity contribution in [2.45, 2.75) is 57.9 Å². The molecule has 1 fully saturated rings. The molecule has 1 aliphatic carbocycles. The molecule has 0 unspecified atom stereocenters. The van der Waals surface area contributed by atoms with Crippen LogP contribution in [0.15, 0.2) is 30.3 Å². The predicted molar refractivity (Wildman–Crippen MR) is 91.5 cm³/mol. The number of hydrogen-bond donors (Lipinski definition) is 1. The highest BCUT2D eigenvalue weighted by Gasteiger charge is 2.38. The van der Waals surface area contributed by atoms with E-state index >= 15 is 0 Å². The van der Waals surface area contributed by atoms with E-state index in [0.717, 1.165) is 19.0 Å². The highest BCUT2D eigenvalue weighted by Crippen LogP contribution is 2.40. The third-order valence-electron chi connectivity index (χ3n) is 5.21. The fraction of sp³-hybridized carbons (Fsp3) is 0.684. The third kappa shape index (κ3) is 3.87. The van der Waals surface area contributed by atoms with Crippen LogP contribution in [-0.4, -0.2) is 30.1 Å². The zero-order valence-corrected chi connectivity index (χ0v) is 14.0. The summed E-state index contributed by atoms with van der Waals surface area (Å²) >= 11 is 0. The molecule has 21 heavy (non-hydrogen) atoms. The van der Waals surface area contributed by atoms with Gasteiger partial charge in [0.05, 0.1) is 0 Å². The molecule has 1 saturated carbocycles. The van der Waals surface area contributed by atoms with Gasteiger partial charge < -0.3 is 5.73 Å². The number of hydrogen-bond acceptors (Lipinski definition) is 2. The smallest absolute Gasteiger partial charge is 0.0332 e. The van der Waals surface area contributed by atoms with Crippen molar-refractivity contribution < 1.29 is 0 Å². The fourth-order valence-corrected chi connectivity index (χ4v) is 3.96. The molecule has 1 aromatic rings. The summed E-state index contributed by atoms with van der Waals surface area (Å²) in [5, 5.41) is 0. The molecule has 2 heteroatoms. The zero-order valence-electron chi connectivity index (χ0n) is 14.0. The Morgan fingerprint density at radius 2 is 1.81 bits per heavy atom. The molecule has 1 aliphatic rings. The number of nitrogens with two attached hydrogens (primary N) is 1. The first kappa shape index (κ1) is 16.5. The highest BCUT2D eigenvalue weighted by molar-refractivity contribution is 5.20. The Balaban J connectivity index is 2.04. The molecule has 0 radical (unpaired) electrons. The largest absolute Gasteiger partial charge is 0.329 e. The van der Waals surface area contributed by atoms with Gasteiger partial charge in [0.15, 0.2) is 0 Å². The molecule has 1 aromatic carbocycles. The van der Waals surface area contributed by atoms with Gasteiger partial charge in [0.2, 0.25) is 0 Å². The molecule has 0 atom stereocenters. The van der Waals surface area contributed by atoms with Gasteiger partial charge in [-0.1, -0.05) is 51.1 Å². The van der Waals surface area contributed by atoms with Crippen molar-refractivity contribution in [3.05, 3.63) is 35.9 Å². The van der Waals surface area contributed by atoms with Crippen molar-refractivity contribution in [3.63, 3.8) is 0 Å². The van der Waals surface area contributed by atoms with E-state index in [1.807, 2.05) is 0 Å². The van der Waals surface area contributed by atoms with E-state index in [1.165, 1.54) is 37.8 Å². The van der Waals surface area contributed by atoms with Crippen molar-refractivity contribution in [3.8, 4) is 0 Å². The second-order valence-corrected chi connectivity index (χ2v) is 7.05. The summed E-state index contributed by atoms with van der Waals surface area (Å²) in [4.78, 5) is 2.65. The predicted octanol–water partition coefficient (Wildman–Crippen LogP) is 4.02. The maximum atomic E-state index is 6.23. The third-order valence-corrected chi connectivity index (χ3v) is 5.21. The van der Waals surface area contributed by atoms with Gasteiger partial charge in [-0.15, -0.1) is 0 Å². The second-order valence-electron chi connectivity index (χ2n) is 7.05. The summed E-state index contributed by atoms with van der Waals surface area (Å²) < 4.78 is 0. The Morgan fingerprint density at radius 1 is 1.19 bits per heavy atom. The summed E-state index contributed by atoms with van der Waals surface area (Å²) in [6, 6.07) is 11.0. The molecule has 0 bridgehead atoms. The SMILES string of the molecule is CCN(CC(C)C)C1(CN)CCC(c2ccccc2)CC1. The van der Waals surface area contributed by atoms with Crippen LogP contribution in [0.5, 0.6) is 0 Å². The number of nitrogens with zero attached hydrogens (tertiary/aromatic N) is 1. The van der Waals surface area contributed by atoms with Gasteiger partial charge in [0, 0.05) is 18.6 Å². The first-order valence-electron chi connectivity index (χ1n) is 8.61. The first-order chi connectivity index (χ1) is 10.1. The Labute approximate surface area is 130 Å². The average Bonchev–Trinajstić information content (AvgIpc) is 2.53. The average molecular weight is 288 g/mol. The standard InChI is InChI=1S/C19H32N2/c1-4-21(14-16(2)3)19(15-20)12-10-18(11-13-19)17-8-6-5-7-9-17/h5-9,16,18H,4,10-15,20H2,1-3H3. The van der Waals surface area contributed by atoms with Crippen LogP contribution in [-0.2, 0) is 0 Å². The highest BCUT2D eigenvalue weighted by atomic mass is 15.2. The summed E-state index contributed by atoms with van der Waals surface area (Å²) in [5.41, 5.74) is 7.98. The van der Waals surface area contributed by atoms with E-state index in [9.17, 15) is 0 Å². The minimum atomic E-state index is 0.240. The van der Waals surface area contributed by atoms with Crippen molar-refractivity contribution >= 4 is 0 Å². The monoisotopic (exact) mass is 288 g/mol. The normalized spacial score (nSPS) is 26.5. The fourth-order valence-electron chi connectivity index (χ4n) is 3.96. The maximum absolute atomic E-state index is 6.23. The molecule has 0 heterocycles. The van der Waals surface area contributed by atoms with Gasteiger partial charge in [-0.3, -0.25) is 4.90 Å². The topological polar surface area (TPSA) is 29.3 Å². The van der Waals surface area contributed by atoms with Crippen molar-refractivity contribution in [1.29, 1.82) is 0 Å². The van der Waals surface area contributed by atoms with Crippen LogP contribution in [0, 0.1) is 5.92 Å². The van der Waals surface area contributed by atoms with E-state index in [2.05, 4.69) is 56.0 Å². The summed E-state index contributed by atoms with van der Waals surface area (Å²) in [7, 11) is 0. The van der Waals surface area contributed by atoms with Crippen LogP contribution in [0.2, 0.25) is 0 Å². The number of likely N-dealkylation sites (N-methyl/N-ethyl adjacent to an activating group) is 1. The summed E-state index contributed by atoms with van der Waals surface area (Å²) in [6.07, 6.45) is 5.03. The van der Waals surface area contributed by atoms with Crippen LogP contribution >= 0.6 is 0 Å². The first-order valence-corrected chi connectivity index (χ1v) is 8.61. The summed E-state index contributed by atoms with van der Waals surface area (Å²) in [5.74, 6) is 1.43. The molecule has 0 saturated heterocycles. The van der Waals surface area contributed by atoms with Gasteiger partial charge in [-0.25, -0.2) is 0 Å². The quantitative estimate of drug-likeness (QED) is 0.856. The van der Waals surface area contributed by atoms with Gasteiger partial charge >= 0.3 is 0 Å². The molecular formula is C19H32N2. The van der Waals surface area contributed by atoms with E-state index in [1.54, 1.807) is 0 Å². The van der Waals surface area contributed by atoms with Crippen molar-refractivity contribution in [2.75, 3.05) is 19.6 Å². The molecule has 0 aliphatic heterocycles. The van der Waals surface area contributed by atoms with E-state index in [0.29, 0.717) is 5.92 Å². The molecule has 2 N–H and O–H groups in total. The lowest BCUT2D eigenvalue weighted by Gasteiger charge is -2.48. The molecule has 0 amide bonds. The van der Waals surface area contributed by atoms with Crippen LogP contribution in [0.25, 0.3) is 0 Å². The Bertz CT molecular complexity index is 405. The van der Waals surface area contributed by atoms with Gasteiger partial charge in [-0.2, -0.15) is 0 Å². The Hall–Kier alpha value is -0.860. The van der Waals surface area contributed by atoms with E-state index in [4.69, 9.17) is 5.73 Å². The second kappa shape index (κ2) is 7.42. The number of benzene rings is 1. The lowest BCUT2D eigenvalue weighted by atomic mass is 9.73. The Kier molecular flexibility index (Phi) is 5.83. The van der Waals surface area contributed by atoms with Gasteiger partial charge in [0.1, 0.15) is 0 Å². The summed E-state index contributed by atoms with van der Waals surface area (Å²) in [6.45, 7) is 9.98. The molecular weight excluding hydrogens is 256 g/mol. The van der Waals surface area contributed by atoms with Crippen LogP contribution in [0.4, 0.5) is 0 Å². The molecule has 0 spiro atoms. The minimum absolute atomic E-state index is 0.240. The lowest BCUT2D eigenvalue weighted by molar-refractivity contribution is 0.0463.